The Morgan fingerprint density at radius 2 is 2.23 bits per heavy atom. The lowest BCUT2D eigenvalue weighted by Gasteiger charge is -2.20. The topological polar surface area (TPSA) is 80.5 Å². The van der Waals surface area contributed by atoms with Crippen molar-refractivity contribution in [3.63, 3.8) is 0 Å². The van der Waals surface area contributed by atoms with Crippen molar-refractivity contribution in [1.29, 1.82) is 0 Å². The summed E-state index contributed by atoms with van der Waals surface area (Å²) in [6, 6.07) is 3.68. The van der Waals surface area contributed by atoms with Crippen LogP contribution in [0.1, 0.15) is 27.7 Å². The summed E-state index contributed by atoms with van der Waals surface area (Å²) in [5, 5.41) is 6.75. The van der Waals surface area contributed by atoms with E-state index in [0.29, 0.717) is 6.54 Å². The summed E-state index contributed by atoms with van der Waals surface area (Å²) in [5.74, 6) is 5.92. The van der Waals surface area contributed by atoms with Gasteiger partial charge in [0.25, 0.3) is 0 Å². The Kier molecular flexibility index (Phi) is 5.00. The first-order valence-electron chi connectivity index (χ1n) is 8.24. The molecule has 0 spiro atoms. The monoisotopic (exact) mass is 371 g/mol. The zero-order valence-corrected chi connectivity index (χ0v) is 16.0. The van der Waals surface area contributed by atoms with Gasteiger partial charge in [-0.25, -0.2) is 14.8 Å². The maximum Gasteiger partial charge on any atom is 0.407 e. The minimum Gasteiger partial charge on any atom is -0.444 e. The Labute approximate surface area is 155 Å². The smallest absolute Gasteiger partial charge is 0.407 e. The summed E-state index contributed by atoms with van der Waals surface area (Å²) >= 11 is 1.53. The van der Waals surface area contributed by atoms with Crippen molar-refractivity contribution < 1.29 is 9.53 Å². The molecule has 136 valence electrons. The van der Waals surface area contributed by atoms with Crippen molar-refractivity contribution in [3.05, 3.63) is 24.5 Å². The number of carbonyl (C=O) groups is 1. The van der Waals surface area contributed by atoms with Crippen LogP contribution in [0.15, 0.2) is 24.5 Å². The number of thiazole rings is 1. The molecule has 2 N–H and O–H groups in total. The van der Waals surface area contributed by atoms with Gasteiger partial charge in [0.05, 0.1) is 11.2 Å². The summed E-state index contributed by atoms with van der Waals surface area (Å²) in [7, 11) is 0. The molecule has 0 aliphatic heterocycles. The number of amides is 1. The highest BCUT2D eigenvalue weighted by Crippen LogP contribution is 2.26. The molecule has 3 aromatic heterocycles. The number of alkyl carbamates (subject to hydrolysis) is 1. The summed E-state index contributed by atoms with van der Waals surface area (Å²) < 4.78 is 8.24. The summed E-state index contributed by atoms with van der Waals surface area (Å²) in [6.45, 7) is 7.55. The highest BCUT2D eigenvalue weighted by atomic mass is 32.1. The Hall–Kier alpha value is -2.79. The van der Waals surface area contributed by atoms with Gasteiger partial charge in [-0.3, -0.25) is 4.40 Å². The fourth-order valence-corrected chi connectivity index (χ4v) is 3.31. The molecule has 0 fully saturated rings. The van der Waals surface area contributed by atoms with Gasteiger partial charge >= 0.3 is 6.09 Å². The van der Waals surface area contributed by atoms with Gasteiger partial charge in [0.1, 0.15) is 17.3 Å². The minimum atomic E-state index is -0.535. The molecule has 3 aromatic rings. The number of rotatable bonds is 4. The van der Waals surface area contributed by atoms with Gasteiger partial charge in [-0.05, 0) is 39.8 Å². The second kappa shape index (κ2) is 7.22. The number of hydrogen-bond donors (Lipinski definition) is 2. The molecule has 0 saturated heterocycles. The number of aromatic nitrogens is 3. The van der Waals surface area contributed by atoms with Crippen LogP contribution in [-0.2, 0) is 4.74 Å². The van der Waals surface area contributed by atoms with E-state index in [9.17, 15) is 4.79 Å². The van der Waals surface area contributed by atoms with Crippen LogP contribution in [0.2, 0.25) is 0 Å². The van der Waals surface area contributed by atoms with E-state index in [1.165, 1.54) is 11.3 Å². The van der Waals surface area contributed by atoms with Crippen molar-refractivity contribution in [1.82, 2.24) is 19.7 Å². The van der Waals surface area contributed by atoms with E-state index in [4.69, 9.17) is 4.74 Å². The van der Waals surface area contributed by atoms with E-state index < -0.39 is 11.7 Å². The number of imidazole rings is 1. The molecule has 0 aromatic carbocycles. The molecular weight excluding hydrogens is 350 g/mol. The van der Waals surface area contributed by atoms with Crippen LogP contribution < -0.4 is 10.6 Å². The number of hydrogen-bond acceptors (Lipinski definition) is 6. The van der Waals surface area contributed by atoms with Gasteiger partial charge in [0.15, 0.2) is 10.8 Å². The molecule has 0 radical (unpaired) electrons. The molecule has 7 nitrogen and oxygen atoms in total. The molecule has 0 aliphatic rings. The predicted octanol–water partition coefficient (Wildman–Crippen LogP) is 3.27. The highest BCUT2D eigenvalue weighted by Gasteiger charge is 2.17. The van der Waals surface area contributed by atoms with Crippen molar-refractivity contribution in [2.75, 3.05) is 11.9 Å². The predicted molar refractivity (Wildman–Crippen MR) is 103 cm³/mol. The van der Waals surface area contributed by atoms with E-state index in [1.807, 2.05) is 43.5 Å². The zero-order chi connectivity index (χ0) is 18.7. The van der Waals surface area contributed by atoms with Gasteiger partial charge in [0, 0.05) is 12.4 Å². The molecule has 3 heterocycles. The van der Waals surface area contributed by atoms with Gasteiger partial charge in [-0.2, -0.15) is 0 Å². The lowest BCUT2D eigenvalue weighted by atomic mass is 10.2. The minimum absolute atomic E-state index is 0.272. The highest BCUT2D eigenvalue weighted by molar-refractivity contribution is 7.22. The van der Waals surface area contributed by atoms with Crippen molar-refractivity contribution in [2.24, 2.45) is 0 Å². The van der Waals surface area contributed by atoms with E-state index in [2.05, 4.69) is 32.4 Å². The van der Waals surface area contributed by atoms with Crippen LogP contribution in [0.4, 0.5) is 9.93 Å². The van der Waals surface area contributed by atoms with Crippen LogP contribution in [-0.4, -0.2) is 38.6 Å². The largest absolute Gasteiger partial charge is 0.444 e. The Balaban J connectivity index is 1.72. The number of ether oxygens (including phenoxy) is 1. The average Bonchev–Trinajstić information content (AvgIpc) is 3.16. The van der Waals surface area contributed by atoms with Gasteiger partial charge < -0.3 is 15.4 Å². The zero-order valence-electron chi connectivity index (χ0n) is 15.2. The average molecular weight is 371 g/mol. The Bertz CT molecular complexity index is 990. The SMILES string of the molecule is CC#C[C@H](CNC(=O)OC(C)(C)C)Nc1nc2c(ccc3nccn32)s1. The third-order valence-corrected chi connectivity index (χ3v) is 4.32. The van der Waals surface area contributed by atoms with Gasteiger partial charge in [-0.1, -0.05) is 17.3 Å². The lowest BCUT2D eigenvalue weighted by molar-refractivity contribution is 0.0528. The van der Waals surface area contributed by atoms with E-state index >= 15 is 0 Å². The molecule has 1 atom stereocenters. The quantitative estimate of drug-likeness (QED) is 0.688. The van der Waals surface area contributed by atoms with Gasteiger partial charge in [0.2, 0.25) is 0 Å². The number of carbonyl (C=O) groups excluding carboxylic acids is 1. The summed E-state index contributed by atoms with van der Waals surface area (Å²) in [4.78, 5) is 20.8. The maximum absolute atomic E-state index is 11.8. The van der Waals surface area contributed by atoms with E-state index in [0.717, 1.165) is 21.1 Å². The molecule has 0 saturated carbocycles. The number of nitrogens with one attached hydrogen (secondary N) is 2. The molecular formula is C18H21N5O2S. The first-order valence-corrected chi connectivity index (χ1v) is 9.05. The van der Waals surface area contributed by atoms with Crippen LogP contribution in [0, 0.1) is 11.8 Å². The second-order valence-corrected chi connectivity index (χ2v) is 7.70. The molecule has 0 unspecified atom stereocenters. The molecule has 0 bridgehead atoms. The van der Waals surface area contributed by atoms with Crippen molar-refractivity contribution >= 4 is 38.6 Å². The third kappa shape index (κ3) is 4.24. The Morgan fingerprint density at radius 3 is 2.96 bits per heavy atom. The molecule has 26 heavy (non-hydrogen) atoms. The van der Waals surface area contributed by atoms with Crippen molar-refractivity contribution in [3.8, 4) is 11.8 Å². The standard InChI is InChI=1S/C18H21N5O2S/c1-5-6-12(11-20-17(24)25-18(2,3)4)21-16-22-15-13(26-16)7-8-14-19-9-10-23(14)15/h7-10,12H,11H2,1-4H3,(H,20,24)(H,21,22)/t12-/m1/s1. The van der Waals surface area contributed by atoms with Crippen LogP contribution in [0.3, 0.4) is 0 Å². The maximum atomic E-state index is 11.8. The molecule has 3 rings (SSSR count). The number of anilines is 1. The number of nitrogens with zero attached hydrogens (tertiary/aromatic N) is 3. The van der Waals surface area contributed by atoms with Gasteiger partial charge in [-0.15, -0.1) is 5.92 Å². The summed E-state index contributed by atoms with van der Waals surface area (Å²) in [5.41, 5.74) is 1.16. The second-order valence-electron chi connectivity index (χ2n) is 6.67. The first kappa shape index (κ1) is 18.0. The number of fused-ring (bicyclic) bond motifs is 3. The van der Waals surface area contributed by atoms with E-state index in [-0.39, 0.29) is 6.04 Å². The number of pyridine rings is 1. The van der Waals surface area contributed by atoms with E-state index in [1.54, 1.807) is 13.1 Å². The fraction of sp³-hybridized carbons (Fsp3) is 0.389. The molecule has 8 heteroatoms. The van der Waals surface area contributed by atoms with Crippen LogP contribution in [0.5, 0.6) is 0 Å². The van der Waals surface area contributed by atoms with Crippen LogP contribution >= 0.6 is 11.3 Å². The first-order chi connectivity index (χ1) is 12.4. The lowest BCUT2D eigenvalue weighted by Crippen LogP contribution is -2.39. The van der Waals surface area contributed by atoms with Crippen molar-refractivity contribution in [2.45, 2.75) is 39.3 Å². The van der Waals surface area contributed by atoms with Crippen LogP contribution in [0.25, 0.3) is 16.0 Å². The fourth-order valence-electron chi connectivity index (χ4n) is 2.40. The molecule has 1 amide bonds. The normalized spacial score (nSPS) is 12.5. The third-order valence-electron chi connectivity index (χ3n) is 3.38. The Morgan fingerprint density at radius 1 is 1.42 bits per heavy atom. The molecule has 0 aliphatic carbocycles. The summed E-state index contributed by atoms with van der Waals surface area (Å²) in [6.07, 6.45) is 3.16.